The number of allylic oxidation sites excluding steroid dienone is 2. The number of amides is 4. The van der Waals surface area contributed by atoms with Crippen LogP contribution in [0.2, 0.25) is 5.02 Å². The van der Waals surface area contributed by atoms with Gasteiger partial charge in [0.2, 0.25) is 23.6 Å². The van der Waals surface area contributed by atoms with Gasteiger partial charge in [0.25, 0.3) is 0 Å². The van der Waals surface area contributed by atoms with Crippen molar-refractivity contribution in [1.29, 1.82) is 0 Å². The van der Waals surface area contributed by atoms with Crippen molar-refractivity contribution < 1.29 is 29.0 Å². The first-order valence-corrected chi connectivity index (χ1v) is 21.7. The van der Waals surface area contributed by atoms with E-state index in [1.54, 1.807) is 47.3 Å². The number of imide groups is 2. The minimum absolute atomic E-state index is 0.128. The van der Waals surface area contributed by atoms with Gasteiger partial charge in [-0.2, -0.15) is 5.10 Å². The molecule has 2 aliphatic carbocycles. The molecule has 4 amide bonds. The minimum atomic E-state index is -1.34. The van der Waals surface area contributed by atoms with Crippen molar-refractivity contribution >= 4 is 123 Å². The van der Waals surface area contributed by atoms with Crippen LogP contribution in [0.5, 0.6) is 11.5 Å². The van der Waals surface area contributed by atoms with Crippen molar-refractivity contribution in [2.24, 2.45) is 36.1 Å². The number of carbonyl (C=O) groups excluding carboxylic acids is 4. The summed E-state index contributed by atoms with van der Waals surface area (Å²) in [6.45, 7) is 3.83. The van der Waals surface area contributed by atoms with E-state index >= 15 is 9.59 Å². The van der Waals surface area contributed by atoms with Crippen LogP contribution in [0.25, 0.3) is 20.7 Å². The van der Waals surface area contributed by atoms with Gasteiger partial charge in [0.05, 0.1) is 45.3 Å². The maximum Gasteiger partial charge on any atom is 0.242 e. The number of halogens is 4. The quantitative estimate of drug-likeness (QED) is 0.106. The van der Waals surface area contributed by atoms with Crippen LogP contribution in [0.1, 0.15) is 36.8 Å². The van der Waals surface area contributed by atoms with E-state index in [9.17, 15) is 14.7 Å². The van der Waals surface area contributed by atoms with Gasteiger partial charge >= 0.3 is 0 Å². The highest BCUT2D eigenvalue weighted by Crippen LogP contribution is 2.65. The van der Waals surface area contributed by atoms with Crippen LogP contribution >= 0.6 is 77.4 Å². The van der Waals surface area contributed by atoms with Gasteiger partial charge in [-0.15, -0.1) is 11.3 Å². The number of aryl methyl sites for hydroxylation is 2. The van der Waals surface area contributed by atoms with Crippen molar-refractivity contribution in [2.75, 3.05) is 16.9 Å². The number of rotatable bonds is 5. The van der Waals surface area contributed by atoms with Gasteiger partial charge in [0.1, 0.15) is 11.5 Å². The Morgan fingerprint density at radius 3 is 2.43 bits per heavy atom. The average molecular weight is 1030 g/mol. The van der Waals surface area contributed by atoms with E-state index in [4.69, 9.17) is 21.4 Å². The summed E-state index contributed by atoms with van der Waals surface area (Å²) in [5, 5.41) is 17.4. The number of nitrogens with zero attached hydrogens (tertiary/aromatic N) is 4. The SMILES string of the molecule is COc1cc(C2C3=CCC4C(=O)N(c5ccc(I)cc5)C(=O)C4C3CC3C(=O)N(c4cc(-c5sc6ccc(Cl)cc6c5C)nn4C)C(=O)C32C)c(Br)c(Br)c1O. The third-order valence-electron chi connectivity index (χ3n) is 12.3. The highest BCUT2D eigenvalue weighted by atomic mass is 127. The van der Waals surface area contributed by atoms with Crippen molar-refractivity contribution in [3.05, 3.63) is 94.9 Å². The standard InChI is InChI=1S/C41H32Br2ClIN4O6S/c1-17-23-13-18(44)5-12-29(23)56-36(17)27-16-30(47(3)46-27)49-38(52)26-14-24-21(10-11-22-31(24)39(53)48(37(22)51)20-8-6-19(45)7-9-20)32(41(26,2)40(49)54)25-15-28(55-4)35(50)34(43)33(25)42/h5-10,12-13,15-16,22,24,26,31-32,50H,11,14H2,1-4H3. The maximum atomic E-state index is 15.3. The van der Waals surface area contributed by atoms with E-state index in [-0.39, 0.29) is 29.7 Å². The zero-order valence-electron chi connectivity index (χ0n) is 30.3. The fraction of sp³-hybridized carbons (Fsp3) is 0.293. The molecule has 1 N–H and O–H groups in total. The summed E-state index contributed by atoms with van der Waals surface area (Å²) in [4.78, 5) is 62.3. The fourth-order valence-corrected chi connectivity index (χ4v) is 12.2. The molecule has 2 aromatic heterocycles. The smallest absolute Gasteiger partial charge is 0.242 e. The molecule has 15 heteroatoms. The molecule has 286 valence electrons. The molecule has 4 aliphatic rings. The normalized spacial score (nSPS) is 25.9. The molecule has 4 heterocycles. The predicted molar refractivity (Wildman–Crippen MR) is 230 cm³/mol. The first kappa shape index (κ1) is 38.0. The molecular formula is C41H32Br2ClIN4O6S. The Morgan fingerprint density at radius 2 is 1.71 bits per heavy atom. The lowest BCUT2D eigenvalue weighted by Gasteiger charge is -2.49. The highest BCUT2D eigenvalue weighted by Gasteiger charge is 2.68. The molecule has 6 atom stereocenters. The third-order valence-corrected chi connectivity index (χ3v) is 16.7. The van der Waals surface area contributed by atoms with Gasteiger partial charge < -0.3 is 9.84 Å². The number of carbonyl (C=O) groups is 4. The molecule has 0 spiro atoms. The van der Waals surface area contributed by atoms with Crippen LogP contribution in [0.4, 0.5) is 11.5 Å². The average Bonchev–Trinajstić information content (AvgIpc) is 3.85. The summed E-state index contributed by atoms with van der Waals surface area (Å²) in [6, 6.07) is 16.5. The Hall–Kier alpha value is -3.57. The molecular weight excluding hydrogens is 999 g/mol. The van der Waals surface area contributed by atoms with Crippen LogP contribution in [0, 0.1) is 39.6 Å². The number of benzene rings is 3. The number of aromatic hydroxyl groups is 1. The lowest BCUT2D eigenvalue weighted by molar-refractivity contribution is -0.131. The van der Waals surface area contributed by atoms with Crippen LogP contribution in [-0.2, 0) is 26.2 Å². The molecule has 9 rings (SSSR count). The lowest BCUT2D eigenvalue weighted by atomic mass is 9.51. The van der Waals surface area contributed by atoms with Gasteiger partial charge in [-0.3, -0.25) is 28.8 Å². The molecule has 2 saturated heterocycles. The number of fused-ring (bicyclic) bond motifs is 5. The number of anilines is 2. The molecule has 0 bridgehead atoms. The number of aromatic nitrogens is 2. The number of ether oxygens (including phenoxy) is 1. The van der Waals surface area contributed by atoms with E-state index in [1.807, 2.05) is 50.3 Å². The van der Waals surface area contributed by atoms with E-state index in [1.165, 1.54) is 16.9 Å². The van der Waals surface area contributed by atoms with E-state index in [0.717, 1.165) is 29.7 Å². The topological polar surface area (TPSA) is 122 Å². The monoisotopic (exact) mass is 1030 g/mol. The number of phenolic OH excluding ortho intramolecular Hbond substituents is 1. The molecule has 1 saturated carbocycles. The summed E-state index contributed by atoms with van der Waals surface area (Å²) >= 11 is 17.3. The summed E-state index contributed by atoms with van der Waals surface area (Å²) < 4.78 is 9.98. The summed E-state index contributed by atoms with van der Waals surface area (Å²) in [5.41, 5.74) is 2.19. The van der Waals surface area contributed by atoms with Crippen molar-refractivity contribution in [1.82, 2.24) is 9.78 Å². The Bertz CT molecular complexity index is 2630. The van der Waals surface area contributed by atoms with Crippen LogP contribution in [0.3, 0.4) is 0 Å². The zero-order valence-corrected chi connectivity index (χ0v) is 37.2. The molecule has 5 aromatic rings. The highest BCUT2D eigenvalue weighted by molar-refractivity contribution is 14.1. The third kappa shape index (κ3) is 5.30. The van der Waals surface area contributed by atoms with Crippen LogP contribution < -0.4 is 14.5 Å². The summed E-state index contributed by atoms with van der Waals surface area (Å²) in [6.07, 6.45) is 2.48. The predicted octanol–water partition coefficient (Wildman–Crippen LogP) is 9.54. The van der Waals surface area contributed by atoms with Crippen molar-refractivity contribution in [3.63, 3.8) is 0 Å². The summed E-state index contributed by atoms with van der Waals surface area (Å²) in [5.74, 6) is -4.51. The number of thiophene rings is 1. The second-order valence-corrected chi connectivity index (χ2v) is 19.3. The second kappa shape index (κ2) is 13.5. The molecule has 2 aliphatic heterocycles. The zero-order chi connectivity index (χ0) is 39.7. The van der Waals surface area contributed by atoms with Crippen LogP contribution in [-0.4, -0.2) is 45.6 Å². The number of phenols is 1. The van der Waals surface area contributed by atoms with Crippen LogP contribution in [0.15, 0.2) is 75.2 Å². The molecule has 3 aromatic carbocycles. The van der Waals surface area contributed by atoms with E-state index < -0.39 is 46.8 Å². The second-order valence-electron chi connectivity index (χ2n) is 15.0. The number of hydrogen-bond donors (Lipinski definition) is 1. The Morgan fingerprint density at radius 1 is 0.982 bits per heavy atom. The minimum Gasteiger partial charge on any atom is -0.503 e. The fourth-order valence-electron chi connectivity index (χ4n) is 9.62. The van der Waals surface area contributed by atoms with E-state index in [2.05, 4.69) is 54.5 Å². The Labute approximate surface area is 361 Å². The van der Waals surface area contributed by atoms with Gasteiger partial charge in [-0.05, 0) is 152 Å². The van der Waals surface area contributed by atoms with E-state index in [0.29, 0.717) is 43.2 Å². The molecule has 0 radical (unpaired) electrons. The number of hydrogen-bond acceptors (Lipinski definition) is 8. The molecule has 10 nitrogen and oxygen atoms in total. The molecule has 3 fully saturated rings. The van der Waals surface area contributed by atoms with Crippen molar-refractivity contribution in [2.45, 2.75) is 32.6 Å². The van der Waals surface area contributed by atoms with Crippen molar-refractivity contribution in [3.8, 4) is 22.1 Å². The summed E-state index contributed by atoms with van der Waals surface area (Å²) in [7, 11) is 3.16. The maximum absolute atomic E-state index is 15.3. The Balaban J connectivity index is 1.19. The molecule has 6 unspecified atom stereocenters. The first-order chi connectivity index (χ1) is 26.7. The number of methoxy groups -OCH3 is 1. The largest absolute Gasteiger partial charge is 0.503 e. The molecule has 56 heavy (non-hydrogen) atoms. The van der Waals surface area contributed by atoms with Gasteiger partial charge in [-0.25, -0.2) is 4.90 Å². The first-order valence-electron chi connectivity index (χ1n) is 17.9. The lowest BCUT2D eigenvalue weighted by Crippen LogP contribution is -2.49. The van der Waals surface area contributed by atoms with Gasteiger partial charge in [0.15, 0.2) is 11.5 Å². The van der Waals surface area contributed by atoms with Gasteiger partial charge in [0, 0.05) is 36.8 Å². The Kier molecular flexibility index (Phi) is 9.16. The van der Waals surface area contributed by atoms with Gasteiger partial charge in [-0.1, -0.05) is 23.3 Å².